The minimum Gasteiger partial charge on any atom is -0.503 e. The molecule has 0 aliphatic carbocycles. The van der Waals surface area contributed by atoms with Crippen LogP contribution in [0.1, 0.15) is 26.8 Å². The first-order chi connectivity index (χ1) is 18.0. The molecule has 37 heavy (non-hydrogen) atoms. The highest BCUT2D eigenvalue weighted by atomic mass is 32.1. The normalized spacial score (nSPS) is 15.5. The molecule has 1 aliphatic heterocycles. The third-order valence-electron chi connectivity index (χ3n) is 6.61. The molecule has 190 valence electrons. The summed E-state index contributed by atoms with van der Waals surface area (Å²) in [6, 6.07) is 13.7. The lowest BCUT2D eigenvalue weighted by atomic mass is 9.95. The number of rotatable bonds is 9. The molecule has 9 heteroatoms. The van der Waals surface area contributed by atoms with E-state index in [1.54, 1.807) is 42.8 Å². The first kappa shape index (κ1) is 24.5. The summed E-state index contributed by atoms with van der Waals surface area (Å²) in [6.45, 7) is 0.271. The zero-order valence-corrected chi connectivity index (χ0v) is 21.4. The fraction of sp³-hybridized carbons (Fsp3) is 0.214. The van der Waals surface area contributed by atoms with Crippen molar-refractivity contribution in [2.75, 3.05) is 27.9 Å². The third-order valence-corrected chi connectivity index (χ3v) is 7.48. The van der Waals surface area contributed by atoms with Gasteiger partial charge in [-0.2, -0.15) is 0 Å². The summed E-state index contributed by atoms with van der Waals surface area (Å²) in [7, 11) is 4.68. The van der Waals surface area contributed by atoms with Crippen LogP contribution in [0.25, 0.3) is 10.9 Å². The van der Waals surface area contributed by atoms with Gasteiger partial charge in [-0.05, 0) is 59.3 Å². The first-order valence-corrected chi connectivity index (χ1v) is 12.5. The van der Waals surface area contributed by atoms with E-state index in [4.69, 9.17) is 14.2 Å². The van der Waals surface area contributed by atoms with Gasteiger partial charge in [0.1, 0.15) is 5.75 Å². The van der Waals surface area contributed by atoms with Crippen molar-refractivity contribution in [1.82, 2.24) is 9.88 Å². The zero-order chi connectivity index (χ0) is 26.1. The van der Waals surface area contributed by atoms with Crippen molar-refractivity contribution >= 4 is 33.9 Å². The number of aromatic amines is 1. The molecule has 8 nitrogen and oxygen atoms in total. The molecule has 1 aliphatic rings. The second-order valence-corrected chi connectivity index (χ2v) is 9.51. The van der Waals surface area contributed by atoms with Crippen LogP contribution in [0, 0.1) is 0 Å². The smallest absolute Gasteiger partial charge is 0.290 e. The predicted molar refractivity (Wildman–Crippen MR) is 141 cm³/mol. The summed E-state index contributed by atoms with van der Waals surface area (Å²) < 4.78 is 16.2. The summed E-state index contributed by atoms with van der Waals surface area (Å²) in [5.74, 6) is 0.229. The zero-order valence-electron chi connectivity index (χ0n) is 20.6. The lowest BCUT2D eigenvalue weighted by Gasteiger charge is -2.27. The molecule has 0 fully saturated rings. The van der Waals surface area contributed by atoms with Gasteiger partial charge >= 0.3 is 0 Å². The number of nitrogens with one attached hydrogen (secondary N) is 1. The summed E-state index contributed by atoms with van der Waals surface area (Å²) in [5, 5.41) is 13.7. The van der Waals surface area contributed by atoms with E-state index in [-0.39, 0.29) is 17.9 Å². The predicted octanol–water partition coefficient (Wildman–Crippen LogP) is 5.08. The number of Topliss-reactive ketones (excluding diaryl/α,β-unsaturated/α-hetero) is 1. The van der Waals surface area contributed by atoms with E-state index in [1.807, 2.05) is 24.4 Å². The van der Waals surface area contributed by atoms with Gasteiger partial charge in [0.2, 0.25) is 5.78 Å². The Labute approximate surface area is 217 Å². The number of ketones is 1. The topological polar surface area (TPSA) is 101 Å². The largest absolute Gasteiger partial charge is 0.503 e. The van der Waals surface area contributed by atoms with Gasteiger partial charge in [0, 0.05) is 23.6 Å². The van der Waals surface area contributed by atoms with Crippen LogP contribution in [0.5, 0.6) is 17.2 Å². The van der Waals surface area contributed by atoms with Crippen LogP contribution < -0.4 is 14.2 Å². The summed E-state index contributed by atoms with van der Waals surface area (Å²) in [4.78, 5) is 32.1. The monoisotopic (exact) mass is 518 g/mol. The van der Waals surface area contributed by atoms with E-state index < -0.39 is 17.7 Å². The number of aromatic nitrogens is 1. The van der Waals surface area contributed by atoms with Crippen molar-refractivity contribution in [2.45, 2.75) is 12.5 Å². The van der Waals surface area contributed by atoms with Gasteiger partial charge in [0.05, 0.1) is 37.8 Å². The maximum Gasteiger partial charge on any atom is 0.290 e. The highest BCUT2D eigenvalue weighted by Crippen LogP contribution is 2.42. The van der Waals surface area contributed by atoms with E-state index in [0.717, 1.165) is 22.2 Å². The summed E-state index contributed by atoms with van der Waals surface area (Å²) >= 11 is 1.26. The second-order valence-electron chi connectivity index (χ2n) is 8.56. The maximum absolute atomic E-state index is 13.5. The SMILES string of the molecule is COc1ccc2[nH]cc(CCN3C(=O)C(O)=C(C(=O)c4cccs4)C3c3ccc(OC)c(OC)c3)c2c1. The molecule has 2 N–H and O–H groups in total. The number of aliphatic hydroxyl groups is 1. The van der Waals surface area contributed by atoms with E-state index in [0.29, 0.717) is 28.4 Å². The van der Waals surface area contributed by atoms with E-state index in [1.165, 1.54) is 30.5 Å². The maximum atomic E-state index is 13.5. The fourth-order valence-electron chi connectivity index (χ4n) is 4.76. The number of fused-ring (bicyclic) bond motifs is 1. The molecule has 0 saturated heterocycles. The van der Waals surface area contributed by atoms with Crippen molar-refractivity contribution < 1.29 is 28.9 Å². The highest BCUT2D eigenvalue weighted by Gasteiger charge is 2.44. The van der Waals surface area contributed by atoms with Crippen LogP contribution in [0.4, 0.5) is 0 Å². The van der Waals surface area contributed by atoms with Gasteiger partial charge < -0.3 is 29.2 Å². The minimum atomic E-state index is -0.790. The number of carbonyl (C=O) groups excluding carboxylic acids is 2. The first-order valence-electron chi connectivity index (χ1n) is 11.6. The van der Waals surface area contributed by atoms with Crippen LogP contribution in [0.15, 0.2) is 71.4 Å². The van der Waals surface area contributed by atoms with Crippen LogP contribution in [0.3, 0.4) is 0 Å². The molecule has 3 heterocycles. The van der Waals surface area contributed by atoms with Gasteiger partial charge in [0.25, 0.3) is 5.91 Å². The van der Waals surface area contributed by atoms with Crippen molar-refractivity contribution in [1.29, 1.82) is 0 Å². The number of H-pyrrole nitrogens is 1. The van der Waals surface area contributed by atoms with E-state index in [2.05, 4.69) is 4.98 Å². The Hall–Kier alpha value is -4.24. The number of methoxy groups -OCH3 is 3. The summed E-state index contributed by atoms with van der Waals surface area (Å²) in [5.41, 5.74) is 2.63. The minimum absolute atomic E-state index is 0.0558. The molecule has 2 aromatic carbocycles. The highest BCUT2D eigenvalue weighted by molar-refractivity contribution is 7.12. The van der Waals surface area contributed by atoms with Crippen LogP contribution in [-0.2, 0) is 11.2 Å². The van der Waals surface area contributed by atoms with E-state index in [9.17, 15) is 14.7 Å². The molecule has 0 radical (unpaired) electrons. The average molecular weight is 519 g/mol. The van der Waals surface area contributed by atoms with Crippen molar-refractivity contribution in [3.8, 4) is 17.2 Å². The van der Waals surface area contributed by atoms with E-state index >= 15 is 0 Å². The number of benzene rings is 2. The number of ether oxygens (including phenoxy) is 3. The van der Waals surface area contributed by atoms with Gasteiger partial charge in [-0.3, -0.25) is 9.59 Å². The Morgan fingerprint density at radius 1 is 1.05 bits per heavy atom. The molecular weight excluding hydrogens is 492 g/mol. The number of thiophene rings is 1. The van der Waals surface area contributed by atoms with Crippen molar-refractivity contribution in [3.05, 3.63) is 87.4 Å². The number of hydrogen-bond acceptors (Lipinski definition) is 7. The molecule has 1 atom stereocenters. The standard InChI is InChI=1S/C28H26N2O6S/c1-34-18-7-8-20-19(14-18)17(15-29-20)10-11-30-25(16-6-9-21(35-2)22(13-16)36-3)24(27(32)28(30)33)26(31)23-5-4-12-37-23/h4-9,12-15,25,29,32H,10-11H2,1-3H3. The molecule has 1 amide bonds. The third kappa shape index (κ3) is 4.31. The van der Waals surface area contributed by atoms with Gasteiger partial charge in [0.15, 0.2) is 17.3 Å². The van der Waals surface area contributed by atoms with Crippen molar-refractivity contribution in [3.63, 3.8) is 0 Å². The Morgan fingerprint density at radius 3 is 2.57 bits per heavy atom. The van der Waals surface area contributed by atoms with Gasteiger partial charge in [-0.15, -0.1) is 11.3 Å². The molecule has 0 bridgehead atoms. The average Bonchev–Trinajstić information content (AvgIpc) is 3.66. The fourth-order valence-corrected chi connectivity index (χ4v) is 5.44. The Balaban J connectivity index is 1.54. The van der Waals surface area contributed by atoms with Crippen LogP contribution >= 0.6 is 11.3 Å². The lowest BCUT2D eigenvalue weighted by Crippen LogP contribution is -2.33. The van der Waals surface area contributed by atoms with Gasteiger partial charge in [-0.1, -0.05) is 12.1 Å². The quantitative estimate of drug-likeness (QED) is 0.300. The summed E-state index contributed by atoms with van der Waals surface area (Å²) in [6.07, 6.45) is 2.40. The molecular formula is C28H26N2O6S. The number of carbonyl (C=O) groups is 2. The van der Waals surface area contributed by atoms with Gasteiger partial charge in [-0.25, -0.2) is 0 Å². The van der Waals surface area contributed by atoms with Crippen molar-refractivity contribution in [2.24, 2.45) is 0 Å². The van der Waals surface area contributed by atoms with Crippen LogP contribution in [0.2, 0.25) is 0 Å². The Kier molecular flexibility index (Phi) is 6.62. The lowest BCUT2D eigenvalue weighted by molar-refractivity contribution is -0.129. The number of aliphatic hydroxyl groups excluding tert-OH is 1. The van der Waals surface area contributed by atoms with Crippen LogP contribution in [-0.4, -0.2) is 54.6 Å². The Bertz CT molecular complexity index is 1500. The molecule has 1 unspecified atom stereocenters. The molecule has 0 saturated carbocycles. The number of nitrogens with zero attached hydrogens (tertiary/aromatic N) is 1. The number of amides is 1. The second kappa shape index (κ2) is 10.0. The Morgan fingerprint density at radius 2 is 1.86 bits per heavy atom. The molecule has 0 spiro atoms. The molecule has 2 aromatic heterocycles. The molecule has 4 aromatic rings. The number of hydrogen-bond donors (Lipinski definition) is 2. The molecule has 5 rings (SSSR count).